The van der Waals surface area contributed by atoms with E-state index >= 15 is 0 Å². The van der Waals surface area contributed by atoms with E-state index in [9.17, 15) is 9.59 Å². The summed E-state index contributed by atoms with van der Waals surface area (Å²) in [6.45, 7) is 13.0. The van der Waals surface area contributed by atoms with Crippen LogP contribution in [0.2, 0.25) is 0 Å². The number of carbonyl (C=O) groups is 2. The van der Waals surface area contributed by atoms with E-state index in [0.29, 0.717) is 6.42 Å². The first-order chi connectivity index (χ1) is 10.1. The van der Waals surface area contributed by atoms with Crippen LogP contribution in [0, 0.1) is 21.7 Å². The van der Waals surface area contributed by atoms with Crippen LogP contribution in [0.15, 0.2) is 0 Å². The third kappa shape index (κ3) is 2.32. The van der Waals surface area contributed by atoms with Gasteiger partial charge in [-0.1, -0.05) is 47.5 Å². The van der Waals surface area contributed by atoms with Gasteiger partial charge in [0.25, 0.3) is 0 Å². The van der Waals surface area contributed by atoms with Crippen LogP contribution >= 0.6 is 0 Å². The summed E-state index contributed by atoms with van der Waals surface area (Å²) < 4.78 is 5.31. The lowest BCUT2D eigenvalue weighted by atomic mass is 9.44. The highest BCUT2D eigenvalue weighted by molar-refractivity contribution is 5.95. The van der Waals surface area contributed by atoms with Crippen molar-refractivity contribution in [3.63, 3.8) is 0 Å². The average molecular weight is 308 g/mol. The van der Waals surface area contributed by atoms with Crippen molar-refractivity contribution in [1.82, 2.24) is 0 Å². The largest absolute Gasteiger partial charge is 0.392 e. The van der Waals surface area contributed by atoms with Crippen LogP contribution in [0.5, 0.6) is 0 Å². The van der Waals surface area contributed by atoms with E-state index in [2.05, 4.69) is 34.6 Å². The van der Waals surface area contributed by atoms with Gasteiger partial charge in [0.15, 0.2) is 0 Å². The van der Waals surface area contributed by atoms with E-state index in [0.717, 1.165) is 38.5 Å². The van der Waals surface area contributed by atoms with E-state index in [4.69, 9.17) is 4.74 Å². The summed E-state index contributed by atoms with van der Waals surface area (Å²) in [6.07, 6.45) is 6.44. The summed E-state index contributed by atoms with van der Waals surface area (Å²) in [5.41, 5.74) is -0.860. The lowest BCUT2D eigenvalue weighted by Gasteiger charge is -2.60. The fraction of sp³-hybridized carbons (Fsp3) is 0.895. The highest BCUT2D eigenvalue weighted by atomic mass is 16.6. The van der Waals surface area contributed by atoms with Gasteiger partial charge in [-0.2, -0.15) is 0 Å². The van der Waals surface area contributed by atoms with Gasteiger partial charge in [0, 0.05) is 0 Å². The number of esters is 2. The van der Waals surface area contributed by atoms with Crippen molar-refractivity contribution in [2.45, 2.75) is 86.5 Å². The Balaban J connectivity index is 2.33. The molecule has 0 N–H and O–H groups in total. The lowest BCUT2D eigenvalue weighted by molar-refractivity contribution is -0.212. The van der Waals surface area contributed by atoms with Crippen molar-refractivity contribution in [2.75, 3.05) is 0 Å². The summed E-state index contributed by atoms with van der Waals surface area (Å²) in [5.74, 6) is -0.568. The van der Waals surface area contributed by atoms with Crippen LogP contribution in [-0.4, -0.2) is 11.9 Å². The number of hydrogen-bond acceptors (Lipinski definition) is 3. The first-order valence-corrected chi connectivity index (χ1v) is 8.87. The summed E-state index contributed by atoms with van der Waals surface area (Å²) in [6, 6.07) is 0. The molecule has 3 atom stereocenters. The molecule has 0 bridgehead atoms. The first kappa shape index (κ1) is 17.5. The fourth-order valence-corrected chi connectivity index (χ4v) is 4.71. The molecule has 1 spiro atoms. The van der Waals surface area contributed by atoms with E-state index in [1.807, 2.05) is 6.92 Å². The van der Waals surface area contributed by atoms with Gasteiger partial charge < -0.3 is 4.74 Å². The molecule has 1 aliphatic heterocycles. The number of cyclic esters (lactones) is 2. The average Bonchev–Trinajstić information content (AvgIpc) is 2.49. The topological polar surface area (TPSA) is 43.4 Å². The Kier molecular flexibility index (Phi) is 4.25. The number of rotatable bonds is 5. The van der Waals surface area contributed by atoms with Crippen LogP contribution in [0.1, 0.15) is 86.5 Å². The van der Waals surface area contributed by atoms with Crippen molar-refractivity contribution in [1.29, 1.82) is 0 Å². The standard InChI is InChI=1S/C19H32O3/c1-7-16(4,8-2)12-17(5)13-19(15(21)22-14(17)20)11-10-18(19,6)9-3/h7-13H2,1-6H3/t17?,18-,19?/m1/s1. The van der Waals surface area contributed by atoms with Crippen molar-refractivity contribution in [2.24, 2.45) is 21.7 Å². The van der Waals surface area contributed by atoms with Gasteiger partial charge in [-0.25, -0.2) is 0 Å². The van der Waals surface area contributed by atoms with Gasteiger partial charge in [-0.15, -0.1) is 0 Å². The maximum absolute atomic E-state index is 12.5. The molecule has 3 nitrogen and oxygen atoms in total. The summed E-state index contributed by atoms with van der Waals surface area (Å²) in [5, 5.41) is 0. The molecular formula is C19H32O3. The molecule has 2 fully saturated rings. The summed E-state index contributed by atoms with van der Waals surface area (Å²) in [7, 11) is 0. The Morgan fingerprint density at radius 2 is 1.64 bits per heavy atom. The zero-order valence-electron chi connectivity index (χ0n) is 15.2. The quantitative estimate of drug-likeness (QED) is 0.537. The zero-order chi connectivity index (χ0) is 16.8. The SMILES string of the molecule is CCC(C)(CC)CC1(C)CC2(CC[C@@]2(C)CC)C(=O)OC1=O. The molecule has 0 amide bonds. The molecule has 1 aliphatic carbocycles. The first-order valence-electron chi connectivity index (χ1n) is 8.87. The Hall–Kier alpha value is -0.860. The molecule has 2 aliphatic rings. The highest BCUT2D eigenvalue weighted by Gasteiger charge is 2.67. The molecule has 22 heavy (non-hydrogen) atoms. The lowest BCUT2D eigenvalue weighted by Crippen LogP contribution is -2.62. The van der Waals surface area contributed by atoms with Crippen LogP contribution in [0.4, 0.5) is 0 Å². The summed E-state index contributed by atoms with van der Waals surface area (Å²) >= 11 is 0. The van der Waals surface area contributed by atoms with E-state index in [1.165, 1.54) is 0 Å². The van der Waals surface area contributed by atoms with Crippen LogP contribution in [0.25, 0.3) is 0 Å². The van der Waals surface area contributed by atoms with Gasteiger partial charge in [0.05, 0.1) is 10.8 Å². The normalized spacial score (nSPS) is 38.8. The third-order valence-corrected chi connectivity index (χ3v) is 7.32. The van der Waals surface area contributed by atoms with E-state index in [-0.39, 0.29) is 22.8 Å². The molecule has 2 rings (SSSR count). The van der Waals surface area contributed by atoms with Crippen LogP contribution in [-0.2, 0) is 14.3 Å². The molecule has 0 aromatic heterocycles. The highest BCUT2D eigenvalue weighted by Crippen LogP contribution is 2.66. The number of ether oxygens (including phenoxy) is 1. The van der Waals surface area contributed by atoms with Crippen LogP contribution < -0.4 is 0 Å². The van der Waals surface area contributed by atoms with Gasteiger partial charge in [0.1, 0.15) is 0 Å². The minimum absolute atomic E-state index is 0.0130. The minimum Gasteiger partial charge on any atom is -0.392 e. The zero-order valence-corrected chi connectivity index (χ0v) is 15.2. The molecule has 1 saturated carbocycles. The van der Waals surface area contributed by atoms with E-state index < -0.39 is 10.8 Å². The van der Waals surface area contributed by atoms with Gasteiger partial charge in [-0.05, 0) is 49.9 Å². The fourth-order valence-electron chi connectivity index (χ4n) is 4.71. The Labute approximate surface area is 135 Å². The molecule has 3 heteroatoms. The molecular weight excluding hydrogens is 276 g/mol. The maximum atomic E-state index is 12.5. The second kappa shape index (κ2) is 5.35. The predicted octanol–water partition coefficient (Wildman–Crippen LogP) is 4.88. The number of carbonyl (C=O) groups excluding carboxylic acids is 2. The molecule has 2 unspecified atom stereocenters. The third-order valence-electron chi connectivity index (χ3n) is 7.32. The molecule has 126 valence electrons. The van der Waals surface area contributed by atoms with Crippen LogP contribution in [0.3, 0.4) is 0 Å². The number of hydrogen-bond donors (Lipinski definition) is 0. The molecule has 1 heterocycles. The summed E-state index contributed by atoms with van der Waals surface area (Å²) in [4.78, 5) is 25.1. The molecule has 1 saturated heterocycles. The van der Waals surface area contributed by atoms with Crippen molar-refractivity contribution in [3.05, 3.63) is 0 Å². The molecule has 0 radical (unpaired) electrons. The van der Waals surface area contributed by atoms with Gasteiger partial charge in [-0.3, -0.25) is 9.59 Å². The predicted molar refractivity (Wildman–Crippen MR) is 87.2 cm³/mol. The maximum Gasteiger partial charge on any atom is 0.320 e. The second-order valence-corrected chi connectivity index (χ2v) is 8.61. The van der Waals surface area contributed by atoms with Gasteiger partial charge >= 0.3 is 11.9 Å². The monoisotopic (exact) mass is 308 g/mol. The smallest absolute Gasteiger partial charge is 0.320 e. The van der Waals surface area contributed by atoms with Crippen molar-refractivity contribution >= 4 is 11.9 Å². The molecule has 0 aromatic carbocycles. The van der Waals surface area contributed by atoms with E-state index in [1.54, 1.807) is 0 Å². The molecule has 0 aromatic rings. The second-order valence-electron chi connectivity index (χ2n) is 8.61. The minimum atomic E-state index is -0.536. The van der Waals surface area contributed by atoms with Crippen molar-refractivity contribution < 1.29 is 14.3 Å². The Morgan fingerprint density at radius 3 is 2.05 bits per heavy atom. The van der Waals surface area contributed by atoms with Gasteiger partial charge in [0.2, 0.25) is 0 Å². The van der Waals surface area contributed by atoms with Crippen molar-refractivity contribution in [3.8, 4) is 0 Å². The Bertz CT molecular complexity index is 475. The Morgan fingerprint density at radius 1 is 1.05 bits per heavy atom.